The molecule has 82 valence electrons. The Balaban J connectivity index is 2.25. The summed E-state index contributed by atoms with van der Waals surface area (Å²) < 4.78 is 2.27. The van der Waals surface area contributed by atoms with Crippen LogP contribution in [0.2, 0.25) is 0 Å². The fourth-order valence-electron chi connectivity index (χ4n) is 1.91. The van der Waals surface area contributed by atoms with E-state index in [0.717, 1.165) is 28.7 Å². The van der Waals surface area contributed by atoms with Crippen molar-refractivity contribution < 1.29 is 0 Å². The van der Waals surface area contributed by atoms with E-state index in [2.05, 4.69) is 61.1 Å². The van der Waals surface area contributed by atoms with Gasteiger partial charge in [0.05, 0.1) is 12.4 Å². The smallest absolute Gasteiger partial charge is 0.0681 e. The van der Waals surface area contributed by atoms with Crippen molar-refractivity contribution in [1.29, 1.82) is 0 Å². The van der Waals surface area contributed by atoms with E-state index in [1.165, 1.54) is 17.7 Å². The van der Waals surface area contributed by atoms with Crippen LogP contribution < -0.4 is 5.32 Å². The van der Waals surface area contributed by atoms with E-state index >= 15 is 0 Å². The highest BCUT2D eigenvalue weighted by atomic mass is 79.9. The lowest BCUT2D eigenvalue weighted by Gasteiger charge is -2.30. The number of nitrogens with one attached hydrogen (secondary N) is 1. The standard InChI is InChI=1S/C11H14Br2N2/c1-2-3-15-6-8-4-9(12)5-10(13)11(8)14-7-15/h4-5,14H,2-3,6-7H2,1H3. The van der Waals surface area contributed by atoms with Gasteiger partial charge in [-0.3, -0.25) is 4.90 Å². The summed E-state index contributed by atoms with van der Waals surface area (Å²) in [5.41, 5.74) is 2.60. The van der Waals surface area contributed by atoms with Crippen molar-refractivity contribution in [2.45, 2.75) is 19.9 Å². The van der Waals surface area contributed by atoms with Crippen LogP contribution in [0.25, 0.3) is 0 Å². The second kappa shape index (κ2) is 4.85. The van der Waals surface area contributed by atoms with Crippen LogP contribution in [0.5, 0.6) is 0 Å². The van der Waals surface area contributed by atoms with Crippen molar-refractivity contribution in [1.82, 2.24) is 4.90 Å². The van der Waals surface area contributed by atoms with Crippen LogP contribution in [0.1, 0.15) is 18.9 Å². The molecular formula is C11H14Br2N2. The average Bonchev–Trinajstić information content (AvgIpc) is 2.17. The number of hydrogen-bond donors (Lipinski definition) is 1. The summed E-state index contributed by atoms with van der Waals surface area (Å²) in [7, 11) is 0. The molecule has 2 rings (SSSR count). The van der Waals surface area contributed by atoms with Gasteiger partial charge in [0, 0.05) is 15.5 Å². The molecule has 0 saturated heterocycles. The Labute approximate surface area is 107 Å². The lowest BCUT2D eigenvalue weighted by Crippen LogP contribution is -2.34. The first-order valence-corrected chi connectivity index (χ1v) is 6.73. The molecule has 1 aromatic rings. The topological polar surface area (TPSA) is 15.3 Å². The summed E-state index contributed by atoms with van der Waals surface area (Å²) >= 11 is 7.10. The zero-order valence-electron chi connectivity index (χ0n) is 8.69. The lowest BCUT2D eigenvalue weighted by atomic mass is 10.1. The molecule has 0 aliphatic carbocycles. The van der Waals surface area contributed by atoms with Crippen molar-refractivity contribution in [3.8, 4) is 0 Å². The van der Waals surface area contributed by atoms with E-state index in [0.29, 0.717) is 0 Å². The fraction of sp³-hybridized carbons (Fsp3) is 0.455. The van der Waals surface area contributed by atoms with E-state index < -0.39 is 0 Å². The second-order valence-electron chi connectivity index (χ2n) is 3.81. The summed E-state index contributed by atoms with van der Waals surface area (Å²) in [5, 5.41) is 3.45. The molecule has 0 bridgehead atoms. The number of nitrogens with zero attached hydrogens (tertiary/aromatic N) is 1. The third-order valence-corrected chi connectivity index (χ3v) is 3.63. The van der Waals surface area contributed by atoms with Crippen LogP contribution in [-0.2, 0) is 6.54 Å². The molecule has 0 spiro atoms. The number of fused-ring (bicyclic) bond motifs is 1. The van der Waals surface area contributed by atoms with Gasteiger partial charge in [-0.1, -0.05) is 22.9 Å². The average molecular weight is 334 g/mol. The minimum Gasteiger partial charge on any atom is -0.371 e. The highest BCUT2D eigenvalue weighted by Gasteiger charge is 2.17. The van der Waals surface area contributed by atoms with E-state index in [1.54, 1.807) is 0 Å². The SMILES string of the molecule is CCCN1CNc2c(Br)cc(Br)cc2C1. The summed E-state index contributed by atoms with van der Waals surface area (Å²) in [6.07, 6.45) is 1.20. The predicted octanol–water partition coefficient (Wildman–Crippen LogP) is 3.81. The van der Waals surface area contributed by atoms with Crippen molar-refractivity contribution in [3.63, 3.8) is 0 Å². The Morgan fingerprint density at radius 1 is 1.40 bits per heavy atom. The van der Waals surface area contributed by atoms with E-state index in [4.69, 9.17) is 0 Å². The molecular weight excluding hydrogens is 320 g/mol. The van der Waals surface area contributed by atoms with Crippen molar-refractivity contribution in [2.75, 3.05) is 18.5 Å². The zero-order valence-corrected chi connectivity index (χ0v) is 11.9. The van der Waals surface area contributed by atoms with Gasteiger partial charge in [0.15, 0.2) is 0 Å². The lowest BCUT2D eigenvalue weighted by molar-refractivity contribution is 0.276. The summed E-state index contributed by atoms with van der Waals surface area (Å²) in [4.78, 5) is 2.42. The van der Waals surface area contributed by atoms with Gasteiger partial charge < -0.3 is 5.32 Å². The Hall–Kier alpha value is -0.0600. The third-order valence-electron chi connectivity index (χ3n) is 2.55. The minimum absolute atomic E-state index is 0.946. The molecule has 0 atom stereocenters. The highest BCUT2D eigenvalue weighted by molar-refractivity contribution is 9.11. The number of rotatable bonds is 2. The number of anilines is 1. The van der Waals surface area contributed by atoms with Crippen LogP contribution in [0.3, 0.4) is 0 Å². The van der Waals surface area contributed by atoms with Crippen molar-refractivity contribution in [2.24, 2.45) is 0 Å². The van der Waals surface area contributed by atoms with Gasteiger partial charge in [0.25, 0.3) is 0 Å². The monoisotopic (exact) mass is 332 g/mol. The predicted molar refractivity (Wildman–Crippen MR) is 71.0 cm³/mol. The van der Waals surface area contributed by atoms with Gasteiger partial charge in [0.1, 0.15) is 0 Å². The van der Waals surface area contributed by atoms with Crippen LogP contribution in [0.15, 0.2) is 21.1 Å². The van der Waals surface area contributed by atoms with Crippen molar-refractivity contribution >= 4 is 37.5 Å². The summed E-state index contributed by atoms with van der Waals surface area (Å²) in [6.45, 7) is 5.35. The first-order valence-electron chi connectivity index (χ1n) is 5.15. The molecule has 1 aromatic carbocycles. The molecule has 0 amide bonds. The van der Waals surface area contributed by atoms with Crippen LogP contribution in [0, 0.1) is 0 Å². The molecule has 1 aliphatic rings. The summed E-state index contributed by atoms with van der Waals surface area (Å²) in [6, 6.07) is 4.27. The molecule has 0 saturated carbocycles. The Morgan fingerprint density at radius 2 is 2.20 bits per heavy atom. The molecule has 15 heavy (non-hydrogen) atoms. The third kappa shape index (κ3) is 2.55. The fourth-order valence-corrected chi connectivity index (χ4v) is 3.37. The Morgan fingerprint density at radius 3 is 2.93 bits per heavy atom. The van der Waals surface area contributed by atoms with Gasteiger partial charge in [-0.25, -0.2) is 0 Å². The largest absolute Gasteiger partial charge is 0.371 e. The number of halogens is 2. The quantitative estimate of drug-likeness (QED) is 0.885. The first-order chi connectivity index (χ1) is 7.20. The van der Waals surface area contributed by atoms with E-state index in [-0.39, 0.29) is 0 Å². The zero-order chi connectivity index (χ0) is 10.8. The first kappa shape index (κ1) is 11.4. The molecule has 2 nitrogen and oxygen atoms in total. The molecule has 0 fully saturated rings. The van der Waals surface area contributed by atoms with E-state index in [9.17, 15) is 0 Å². The molecule has 1 aliphatic heterocycles. The molecule has 4 heteroatoms. The minimum atomic E-state index is 0.946. The maximum absolute atomic E-state index is 3.58. The van der Waals surface area contributed by atoms with Crippen LogP contribution >= 0.6 is 31.9 Å². The Bertz CT molecular complexity index is 366. The maximum atomic E-state index is 3.58. The maximum Gasteiger partial charge on any atom is 0.0681 e. The molecule has 0 aromatic heterocycles. The van der Waals surface area contributed by atoms with Gasteiger partial charge in [-0.15, -0.1) is 0 Å². The van der Waals surface area contributed by atoms with Crippen LogP contribution in [0.4, 0.5) is 5.69 Å². The molecule has 1 heterocycles. The van der Waals surface area contributed by atoms with Crippen LogP contribution in [-0.4, -0.2) is 18.1 Å². The van der Waals surface area contributed by atoms with Gasteiger partial charge in [0.2, 0.25) is 0 Å². The molecule has 1 N–H and O–H groups in total. The Kier molecular flexibility index (Phi) is 3.69. The van der Waals surface area contributed by atoms with Gasteiger partial charge in [-0.2, -0.15) is 0 Å². The second-order valence-corrected chi connectivity index (χ2v) is 5.58. The summed E-state index contributed by atoms with van der Waals surface area (Å²) in [5.74, 6) is 0. The number of hydrogen-bond acceptors (Lipinski definition) is 2. The molecule has 0 unspecified atom stereocenters. The van der Waals surface area contributed by atoms with Crippen molar-refractivity contribution in [3.05, 3.63) is 26.6 Å². The van der Waals surface area contributed by atoms with Gasteiger partial charge >= 0.3 is 0 Å². The van der Waals surface area contributed by atoms with E-state index in [1.807, 2.05) is 0 Å². The van der Waals surface area contributed by atoms with Gasteiger partial charge in [-0.05, 0) is 46.6 Å². The normalized spacial score (nSPS) is 15.9. The highest BCUT2D eigenvalue weighted by Crippen LogP contribution is 2.33. The number of benzene rings is 1. The molecule has 0 radical (unpaired) electrons.